The molecular weight excluding hydrogens is 328 g/mol. The van der Waals surface area contributed by atoms with Crippen LogP contribution in [0.1, 0.15) is 30.6 Å². The average Bonchev–Trinajstić information content (AvgIpc) is 2.55. The van der Waals surface area contributed by atoms with Crippen molar-refractivity contribution >= 4 is 29.1 Å². The Hall–Kier alpha value is -2.34. The van der Waals surface area contributed by atoms with E-state index in [1.165, 1.54) is 19.5 Å². The normalized spacial score (nSPS) is 10.5. The Morgan fingerprint density at radius 2 is 2.00 bits per heavy atom. The van der Waals surface area contributed by atoms with Crippen LogP contribution in [-0.2, 0) is 0 Å². The van der Waals surface area contributed by atoms with Crippen LogP contribution in [-0.4, -0.2) is 29.5 Å². The number of amides is 1. The lowest BCUT2D eigenvalue weighted by atomic mass is 10.1. The van der Waals surface area contributed by atoms with Crippen LogP contribution in [0.4, 0.5) is 11.6 Å². The number of nitrogens with one attached hydrogen (secondary N) is 2. The van der Waals surface area contributed by atoms with Gasteiger partial charge >= 0.3 is 0 Å². The Morgan fingerprint density at radius 3 is 2.62 bits per heavy atom. The highest BCUT2D eigenvalue weighted by Crippen LogP contribution is 2.28. The van der Waals surface area contributed by atoms with Gasteiger partial charge in [0.25, 0.3) is 5.91 Å². The van der Waals surface area contributed by atoms with E-state index >= 15 is 0 Å². The topological polar surface area (TPSA) is 76.1 Å². The first-order chi connectivity index (χ1) is 11.5. The predicted octanol–water partition coefficient (Wildman–Crippen LogP) is 3.85. The summed E-state index contributed by atoms with van der Waals surface area (Å²) in [5, 5.41) is 6.38. The second kappa shape index (κ2) is 8.49. The number of hydrogen-bond donors (Lipinski definition) is 2. The zero-order valence-electron chi connectivity index (χ0n) is 14.0. The van der Waals surface area contributed by atoms with Gasteiger partial charge in [0.05, 0.1) is 18.4 Å². The van der Waals surface area contributed by atoms with Gasteiger partial charge in [-0.2, -0.15) is 0 Å². The molecule has 6 nitrogen and oxygen atoms in total. The second-order valence-corrected chi connectivity index (χ2v) is 6.14. The quantitative estimate of drug-likeness (QED) is 0.794. The minimum absolute atomic E-state index is 0.329. The molecular formula is C17H21ClN4O2. The Labute approximate surface area is 146 Å². The standard InChI is InChI=1S/C17H21ClN4O2/c1-11(2)6-7-19-17-20-9-12(10-21-17)16(23)22-14-8-13(18)4-5-15(14)24-3/h4-5,8-11H,6-7H2,1-3H3,(H,22,23)(H,19,20,21). The monoisotopic (exact) mass is 348 g/mol. The van der Waals surface area contributed by atoms with Crippen molar-refractivity contribution in [2.45, 2.75) is 20.3 Å². The molecule has 0 bridgehead atoms. The predicted molar refractivity (Wildman–Crippen MR) is 95.9 cm³/mol. The molecule has 0 unspecified atom stereocenters. The zero-order chi connectivity index (χ0) is 17.5. The van der Waals surface area contributed by atoms with Crippen LogP contribution in [0.5, 0.6) is 5.75 Å². The fraction of sp³-hybridized carbons (Fsp3) is 0.353. The Balaban J connectivity index is 2.01. The maximum Gasteiger partial charge on any atom is 0.258 e. The molecule has 1 amide bonds. The number of rotatable bonds is 7. The van der Waals surface area contributed by atoms with Crippen LogP contribution >= 0.6 is 11.6 Å². The van der Waals surface area contributed by atoms with E-state index in [2.05, 4.69) is 34.4 Å². The molecule has 128 valence electrons. The van der Waals surface area contributed by atoms with Crippen molar-refractivity contribution in [1.29, 1.82) is 0 Å². The molecule has 1 aromatic heterocycles. The van der Waals surface area contributed by atoms with Crippen molar-refractivity contribution in [3.63, 3.8) is 0 Å². The van der Waals surface area contributed by atoms with E-state index in [9.17, 15) is 4.79 Å². The first-order valence-electron chi connectivity index (χ1n) is 7.70. The van der Waals surface area contributed by atoms with Gasteiger partial charge in [0.1, 0.15) is 5.75 Å². The van der Waals surface area contributed by atoms with Crippen LogP contribution in [0.3, 0.4) is 0 Å². The summed E-state index contributed by atoms with van der Waals surface area (Å²) in [6.45, 7) is 5.10. The van der Waals surface area contributed by atoms with Crippen molar-refractivity contribution < 1.29 is 9.53 Å². The van der Waals surface area contributed by atoms with Gasteiger partial charge in [-0.25, -0.2) is 9.97 Å². The molecule has 7 heteroatoms. The molecule has 2 N–H and O–H groups in total. The maximum absolute atomic E-state index is 12.3. The highest BCUT2D eigenvalue weighted by atomic mass is 35.5. The van der Waals surface area contributed by atoms with E-state index in [1.807, 2.05) is 0 Å². The molecule has 0 fully saturated rings. The van der Waals surface area contributed by atoms with E-state index in [0.29, 0.717) is 33.9 Å². The summed E-state index contributed by atoms with van der Waals surface area (Å²) in [5.41, 5.74) is 0.848. The van der Waals surface area contributed by atoms with Crippen LogP contribution < -0.4 is 15.4 Å². The van der Waals surface area contributed by atoms with Gasteiger partial charge < -0.3 is 15.4 Å². The van der Waals surface area contributed by atoms with Crippen molar-refractivity contribution in [2.24, 2.45) is 5.92 Å². The lowest BCUT2D eigenvalue weighted by Gasteiger charge is -2.11. The van der Waals surface area contributed by atoms with E-state index < -0.39 is 0 Å². The third-order valence-electron chi connectivity index (χ3n) is 3.33. The molecule has 2 aromatic rings. The molecule has 0 aliphatic rings. The Morgan fingerprint density at radius 1 is 1.29 bits per heavy atom. The fourth-order valence-corrected chi connectivity index (χ4v) is 2.15. The molecule has 0 saturated carbocycles. The van der Waals surface area contributed by atoms with Crippen LogP contribution in [0, 0.1) is 5.92 Å². The number of anilines is 2. The number of methoxy groups -OCH3 is 1. The minimum Gasteiger partial charge on any atom is -0.495 e. The third kappa shape index (κ3) is 5.09. The lowest BCUT2D eigenvalue weighted by molar-refractivity contribution is 0.102. The van der Waals surface area contributed by atoms with Crippen molar-refractivity contribution in [3.05, 3.63) is 41.2 Å². The Kier molecular flexibility index (Phi) is 6.37. The zero-order valence-corrected chi connectivity index (χ0v) is 14.7. The number of carbonyl (C=O) groups is 1. The number of nitrogens with zero attached hydrogens (tertiary/aromatic N) is 2. The fourth-order valence-electron chi connectivity index (χ4n) is 1.98. The highest BCUT2D eigenvalue weighted by Gasteiger charge is 2.11. The summed E-state index contributed by atoms with van der Waals surface area (Å²) in [6.07, 6.45) is 3.99. The Bertz CT molecular complexity index is 689. The van der Waals surface area contributed by atoms with Gasteiger partial charge in [0.15, 0.2) is 0 Å². The van der Waals surface area contributed by atoms with Gasteiger partial charge in [-0.15, -0.1) is 0 Å². The SMILES string of the molecule is COc1ccc(Cl)cc1NC(=O)c1cnc(NCCC(C)C)nc1. The molecule has 1 aromatic carbocycles. The smallest absolute Gasteiger partial charge is 0.258 e. The highest BCUT2D eigenvalue weighted by molar-refractivity contribution is 6.31. The summed E-state index contributed by atoms with van der Waals surface area (Å²) in [4.78, 5) is 20.6. The minimum atomic E-state index is -0.329. The number of halogens is 1. The summed E-state index contributed by atoms with van der Waals surface area (Å²) in [7, 11) is 1.53. The second-order valence-electron chi connectivity index (χ2n) is 5.70. The van der Waals surface area contributed by atoms with Crippen molar-refractivity contribution in [1.82, 2.24) is 9.97 Å². The van der Waals surface area contributed by atoms with Crippen LogP contribution in [0.2, 0.25) is 5.02 Å². The molecule has 0 aliphatic carbocycles. The summed E-state index contributed by atoms with van der Waals surface area (Å²) >= 11 is 5.95. The van der Waals surface area contributed by atoms with E-state index in [0.717, 1.165) is 13.0 Å². The lowest BCUT2D eigenvalue weighted by Crippen LogP contribution is -2.14. The molecule has 0 aliphatic heterocycles. The number of carbonyl (C=O) groups excluding carboxylic acids is 1. The first-order valence-corrected chi connectivity index (χ1v) is 8.08. The number of hydrogen-bond acceptors (Lipinski definition) is 5. The van der Waals surface area contributed by atoms with Crippen molar-refractivity contribution in [2.75, 3.05) is 24.3 Å². The average molecular weight is 349 g/mol. The van der Waals surface area contributed by atoms with Gasteiger partial charge in [-0.3, -0.25) is 4.79 Å². The van der Waals surface area contributed by atoms with E-state index in [4.69, 9.17) is 16.3 Å². The van der Waals surface area contributed by atoms with Crippen LogP contribution in [0.25, 0.3) is 0 Å². The number of ether oxygens (including phenoxy) is 1. The molecule has 0 spiro atoms. The van der Waals surface area contributed by atoms with Gasteiger partial charge in [0, 0.05) is 24.0 Å². The van der Waals surface area contributed by atoms with Gasteiger partial charge in [-0.05, 0) is 30.5 Å². The molecule has 2 rings (SSSR count). The summed E-state index contributed by atoms with van der Waals surface area (Å²) < 4.78 is 5.21. The molecule has 0 saturated heterocycles. The van der Waals surface area contributed by atoms with E-state index in [1.54, 1.807) is 18.2 Å². The molecule has 24 heavy (non-hydrogen) atoms. The largest absolute Gasteiger partial charge is 0.495 e. The molecule has 0 radical (unpaired) electrons. The first kappa shape index (κ1) is 18.0. The van der Waals surface area contributed by atoms with Crippen LogP contribution in [0.15, 0.2) is 30.6 Å². The van der Waals surface area contributed by atoms with Gasteiger partial charge in [0.2, 0.25) is 5.95 Å². The summed E-state index contributed by atoms with van der Waals surface area (Å²) in [6, 6.07) is 5.01. The number of benzene rings is 1. The molecule has 1 heterocycles. The summed E-state index contributed by atoms with van der Waals surface area (Å²) in [5.74, 6) is 1.31. The van der Waals surface area contributed by atoms with E-state index in [-0.39, 0.29) is 5.91 Å². The maximum atomic E-state index is 12.3. The molecule has 0 atom stereocenters. The number of aromatic nitrogens is 2. The third-order valence-corrected chi connectivity index (χ3v) is 3.56. The van der Waals surface area contributed by atoms with Crippen molar-refractivity contribution in [3.8, 4) is 5.75 Å². The van der Waals surface area contributed by atoms with Gasteiger partial charge in [-0.1, -0.05) is 25.4 Å².